The third kappa shape index (κ3) is 4.66. The Morgan fingerprint density at radius 1 is 1.00 bits per heavy atom. The van der Waals surface area contributed by atoms with E-state index >= 15 is 0 Å². The zero-order valence-electron chi connectivity index (χ0n) is 14.5. The van der Waals surface area contributed by atoms with Gasteiger partial charge in [-0.05, 0) is 36.4 Å². The number of sulfonamides is 1. The van der Waals surface area contributed by atoms with Gasteiger partial charge in [-0.15, -0.1) is 0 Å². The highest BCUT2D eigenvalue weighted by Crippen LogP contribution is 2.19. The van der Waals surface area contributed by atoms with Crippen molar-refractivity contribution in [3.8, 4) is 0 Å². The highest BCUT2D eigenvalue weighted by Gasteiger charge is 2.22. The molecule has 0 radical (unpaired) electrons. The summed E-state index contributed by atoms with van der Waals surface area (Å²) in [7, 11) is -1.36. The molecule has 0 aliphatic rings. The van der Waals surface area contributed by atoms with Gasteiger partial charge in [0.1, 0.15) is 0 Å². The first-order chi connectivity index (χ1) is 12.2. The minimum Gasteiger partial charge on any atom is -0.326 e. The molecule has 0 spiro atoms. The lowest BCUT2D eigenvalue weighted by atomic mass is 10.2. The Morgan fingerprint density at radius 2 is 1.62 bits per heavy atom. The van der Waals surface area contributed by atoms with E-state index in [1.54, 1.807) is 24.3 Å². The Morgan fingerprint density at radius 3 is 2.23 bits per heavy atom. The smallest absolute Gasteiger partial charge is 0.264 e. The average Bonchev–Trinajstić information content (AvgIpc) is 2.60. The van der Waals surface area contributed by atoms with Crippen molar-refractivity contribution in [3.63, 3.8) is 0 Å². The Labute approximate surface area is 151 Å². The largest absolute Gasteiger partial charge is 0.326 e. The summed E-state index contributed by atoms with van der Waals surface area (Å²) >= 11 is 0. The SMILES string of the molecule is CON(C)S(=O)(=O)c1cccc(C(=O)Nc2cccc(NC(C)=O)c2)c1. The van der Waals surface area contributed by atoms with E-state index in [9.17, 15) is 18.0 Å². The molecule has 0 saturated heterocycles. The minimum absolute atomic E-state index is 0.0681. The quantitative estimate of drug-likeness (QED) is 0.750. The van der Waals surface area contributed by atoms with Crippen LogP contribution in [0.15, 0.2) is 53.4 Å². The third-order valence-electron chi connectivity index (χ3n) is 3.43. The van der Waals surface area contributed by atoms with Crippen molar-refractivity contribution in [1.29, 1.82) is 0 Å². The molecule has 0 aliphatic carbocycles. The molecule has 0 fully saturated rings. The first kappa shape index (κ1) is 19.6. The van der Waals surface area contributed by atoms with Crippen molar-refractivity contribution in [1.82, 2.24) is 4.47 Å². The second kappa shape index (κ2) is 8.09. The number of nitrogens with one attached hydrogen (secondary N) is 2. The lowest BCUT2D eigenvalue weighted by molar-refractivity contribution is -0.114. The third-order valence-corrected chi connectivity index (χ3v) is 5.11. The zero-order valence-corrected chi connectivity index (χ0v) is 15.3. The second-order valence-electron chi connectivity index (χ2n) is 5.34. The van der Waals surface area contributed by atoms with Crippen molar-refractivity contribution in [3.05, 3.63) is 54.1 Å². The van der Waals surface area contributed by atoms with Crippen molar-refractivity contribution in [2.75, 3.05) is 24.8 Å². The van der Waals surface area contributed by atoms with Gasteiger partial charge in [-0.1, -0.05) is 16.6 Å². The molecule has 0 bridgehead atoms. The Hall–Kier alpha value is -2.75. The molecule has 9 heteroatoms. The van der Waals surface area contributed by atoms with Crippen LogP contribution in [0.4, 0.5) is 11.4 Å². The lowest BCUT2D eigenvalue weighted by Gasteiger charge is -2.14. The Balaban J connectivity index is 2.23. The molecular formula is C17H19N3O5S. The summed E-state index contributed by atoms with van der Waals surface area (Å²) in [6, 6.07) is 12.2. The molecule has 0 aromatic heterocycles. The van der Waals surface area contributed by atoms with Crippen LogP contribution in [0.3, 0.4) is 0 Å². The minimum atomic E-state index is -3.85. The molecule has 2 amide bonds. The van der Waals surface area contributed by atoms with Crippen molar-refractivity contribution in [2.45, 2.75) is 11.8 Å². The first-order valence-electron chi connectivity index (χ1n) is 7.56. The predicted molar refractivity (Wildman–Crippen MR) is 97.1 cm³/mol. The van der Waals surface area contributed by atoms with Crippen LogP contribution >= 0.6 is 0 Å². The van der Waals surface area contributed by atoms with Gasteiger partial charge in [-0.2, -0.15) is 0 Å². The van der Waals surface area contributed by atoms with Gasteiger partial charge >= 0.3 is 0 Å². The number of hydrogen-bond donors (Lipinski definition) is 2. The normalized spacial score (nSPS) is 11.2. The van der Waals surface area contributed by atoms with Crippen LogP contribution in [0.2, 0.25) is 0 Å². The van der Waals surface area contributed by atoms with Crippen LogP contribution in [-0.2, 0) is 19.7 Å². The van der Waals surface area contributed by atoms with Crippen LogP contribution in [0.5, 0.6) is 0 Å². The average molecular weight is 377 g/mol. The molecule has 0 saturated carbocycles. The van der Waals surface area contributed by atoms with Crippen LogP contribution in [-0.4, -0.2) is 38.9 Å². The maximum atomic E-state index is 12.4. The number of carbonyl (C=O) groups is 2. The first-order valence-corrected chi connectivity index (χ1v) is 9.00. The van der Waals surface area contributed by atoms with E-state index in [0.717, 1.165) is 0 Å². The molecule has 2 aromatic rings. The fraction of sp³-hybridized carbons (Fsp3) is 0.176. The van der Waals surface area contributed by atoms with E-state index in [4.69, 9.17) is 4.84 Å². The molecule has 0 heterocycles. The van der Waals surface area contributed by atoms with E-state index < -0.39 is 15.9 Å². The monoisotopic (exact) mass is 377 g/mol. The van der Waals surface area contributed by atoms with Crippen LogP contribution in [0.25, 0.3) is 0 Å². The topological polar surface area (TPSA) is 105 Å². The second-order valence-corrected chi connectivity index (χ2v) is 7.28. The van der Waals surface area contributed by atoms with E-state index in [1.807, 2.05) is 0 Å². The van der Waals surface area contributed by atoms with E-state index in [2.05, 4.69) is 10.6 Å². The molecule has 2 N–H and O–H groups in total. The molecule has 138 valence electrons. The van der Waals surface area contributed by atoms with E-state index in [0.29, 0.717) is 15.8 Å². The maximum Gasteiger partial charge on any atom is 0.264 e. The highest BCUT2D eigenvalue weighted by molar-refractivity contribution is 7.89. The van der Waals surface area contributed by atoms with Gasteiger partial charge < -0.3 is 10.6 Å². The summed E-state index contributed by atoms with van der Waals surface area (Å²) in [5, 5.41) is 5.28. The number of hydrogen-bond acceptors (Lipinski definition) is 5. The number of nitrogens with zero attached hydrogens (tertiary/aromatic N) is 1. The summed E-state index contributed by atoms with van der Waals surface area (Å²) in [5.41, 5.74) is 1.16. The summed E-state index contributed by atoms with van der Waals surface area (Å²) in [6.07, 6.45) is 0. The van der Waals surface area contributed by atoms with Gasteiger partial charge in [-0.25, -0.2) is 8.42 Å². The van der Waals surface area contributed by atoms with Crippen molar-refractivity contribution >= 4 is 33.2 Å². The number of benzene rings is 2. The molecule has 0 atom stereocenters. The molecule has 26 heavy (non-hydrogen) atoms. The molecule has 2 rings (SSSR count). The molecule has 0 aliphatic heterocycles. The Bertz CT molecular complexity index is 928. The lowest BCUT2D eigenvalue weighted by Crippen LogP contribution is -2.26. The van der Waals surface area contributed by atoms with Gasteiger partial charge in [0.2, 0.25) is 5.91 Å². The maximum absolute atomic E-state index is 12.4. The standard InChI is InChI=1S/C17H19N3O5S/c1-12(21)18-14-7-5-8-15(11-14)19-17(22)13-6-4-9-16(10-13)26(23,24)20(2)25-3/h4-11H,1-3H3,(H,18,21)(H,19,22). The number of amides is 2. The van der Waals surface area contributed by atoms with Gasteiger partial charge in [-0.3, -0.25) is 14.4 Å². The summed E-state index contributed by atoms with van der Waals surface area (Å²) < 4.78 is 25.3. The summed E-state index contributed by atoms with van der Waals surface area (Å²) in [5.74, 6) is -0.712. The van der Waals surface area contributed by atoms with Crippen LogP contribution in [0.1, 0.15) is 17.3 Å². The van der Waals surface area contributed by atoms with Crippen LogP contribution < -0.4 is 10.6 Å². The summed E-state index contributed by atoms with van der Waals surface area (Å²) in [4.78, 5) is 28.2. The number of carbonyl (C=O) groups excluding carboxylic acids is 2. The molecule has 0 unspecified atom stereocenters. The number of hydroxylamine groups is 1. The van der Waals surface area contributed by atoms with Gasteiger partial charge in [0, 0.05) is 30.9 Å². The van der Waals surface area contributed by atoms with E-state index in [1.165, 1.54) is 45.3 Å². The van der Waals surface area contributed by atoms with Gasteiger partial charge in [0.25, 0.3) is 15.9 Å². The number of rotatable bonds is 6. The molecule has 2 aromatic carbocycles. The zero-order chi connectivity index (χ0) is 19.3. The molecular weight excluding hydrogens is 358 g/mol. The van der Waals surface area contributed by atoms with E-state index in [-0.39, 0.29) is 16.4 Å². The predicted octanol–water partition coefficient (Wildman–Crippen LogP) is 2.08. The fourth-order valence-electron chi connectivity index (χ4n) is 2.13. The Kier molecular flexibility index (Phi) is 6.09. The van der Waals surface area contributed by atoms with Crippen LogP contribution in [0, 0.1) is 0 Å². The highest BCUT2D eigenvalue weighted by atomic mass is 32.2. The van der Waals surface area contributed by atoms with Crippen molar-refractivity contribution < 1.29 is 22.8 Å². The van der Waals surface area contributed by atoms with Gasteiger partial charge in [0.15, 0.2) is 0 Å². The van der Waals surface area contributed by atoms with Gasteiger partial charge in [0.05, 0.1) is 12.0 Å². The number of anilines is 2. The summed E-state index contributed by atoms with van der Waals surface area (Å²) in [6.45, 7) is 1.38. The van der Waals surface area contributed by atoms with Crippen molar-refractivity contribution in [2.24, 2.45) is 0 Å². The fourth-order valence-corrected chi connectivity index (χ4v) is 3.15. The molecule has 8 nitrogen and oxygen atoms in total.